The first-order valence-electron chi connectivity index (χ1n) is 5.62. The summed E-state index contributed by atoms with van der Waals surface area (Å²) in [5.41, 5.74) is 3.05. The Labute approximate surface area is 101 Å². The van der Waals surface area contributed by atoms with Crippen LogP contribution < -0.4 is 4.90 Å². The van der Waals surface area contributed by atoms with Crippen LogP contribution in [0.4, 0.5) is 5.69 Å². The minimum atomic E-state index is 0.514. The lowest BCUT2D eigenvalue weighted by molar-refractivity contribution is 0.112. The van der Waals surface area contributed by atoms with Crippen LogP contribution in [0.25, 0.3) is 0 Å². The van der Waals surface area contributed by atoms with Crippen molar-refractivity contribution in [3.05, 3.63) is 29.3 Å². The highest BCUT2D eigenvalue weighted by Gasteiger charge is 2.20. The van der Waals surface area contributed by atoms with Crippen LogP contribution in [-0.4, -0.2) is 30.4 Å². The van der Waals surface area contributed by atoms with E-state index in [1.807, 2.05) is 24.8 Å². The molecule has 2 rings (SSSR count). The van der Waals surface area contributed by atoms with Crippen molar-refractivity contribution in [2.75, 3.05) is 23.0 Å². The van der Waals surface area contributed by atoms with E-state index < -0.39 is 0 Å². The number of carbonyl (C=O) groups is 1. The molecule has 0 amide bonds. The van der Waals surface area contributed by atoms with Crippen molar-refractivity contribution in [3.63, 3.8) is 0 Å². The number of anilines is 1. The van der Waals surface area contributed by atoms with Gasteiger partial charge in [0.1, 0.15) is 0 Å². The fourth-order valence-electron chi connectivity index (χ4n) is 2.11. The number of aryl methyl sites for hydroxylation is 1. The van der Waals surface area contributed by atoms with Crippen molar-refractivity contribution in [1.82, 2.24) is 0 Å². The van der Waals surface area contributed by atoms with E-state index in [9.17, 15) is 4.79 Å². The normalized spacial score (nSPS) is 20.9. The molecule has 1 heterocycles. The Bertz CT molecular complexity index is 392. The number of hydrogen-bond donors (Lipinski definition) is 0. The average Bonchev–Trinajstić information content (AvgIpc) is 2.30. The van der Waals surface area contributed by atoms with Gasteiger partial charge in [0.05, 0.1) is 0 Å². The fourth-order valence-corrected chi connectivity index (χ4v) is 3.13. The van der Waals surface area contributed by atoms with Gasteiger partial charge < -0.3 is 4.90 Å². The molecule has 1 aromatic carbocycles. The monoisotopic (exact) mass is 235 g/mol. The maximum Gasteiger partial charge on any atom is 0.152 e. The molecule has 1 aromatic rings. The predicted octanol–water partition coefficient (Wildman–Crippen LogP) is 2.75. The van der Waals surface area contributed by atoms with Crippen molar-refractivity contribution in [2.24, 2.45) is 0 Å². The standard InChI is InChI=1S/C13H17NOS/c1-10-3-4-13(12(7-10)8-15)14-5-6-16-9-11(14)2/h3-4,7-8,11H,5-6,9H2,1-2H3. The van der Waals surface area contributed by atoms with Crippen LogP contribution in [0.15, 0.2) is 18.2 Å². The molecular formula is C13H17NOS. The summed E-state index contributed by atoms with van der Waals surface area (Å²) in [4.78, 5) is 13.4. The summed E-state index contributed by atoms with van der Waals surface area (Å²) in [5, 5.41) is 0. The first-order chi connectivity index (χ1) is 7.72. The number of thioether (sulfide) groups is 1. The Hall–Kier alpha value is -0.960. The van der Waals surface area contributed by atoms with Gasteiger partial charge in [-0.05, 0) is 26.0 Å². The Kier molecular flexibility index (Phi) is 3.54. The van der Waals surface area contributed by atoms with E-state index >= 15 is 0 Å². The lowest BCUT2D eigenvalue weighted by Crippen LogP contribution is -2.40. The highest BCUT2D eigenvalue weighted by molar-refractivity contribution is 7.99. The molecule has 1 saturated heterocycles. The lowest BCUT2D eigenvalue weighted by atomic mass is 10.1. The third-order valence-corrected chi connectivity index (χ3v) is 4.18. The number of hydrogen-bond acceptors (Lipinski definition) is 3. The molecule has 86 valence electrons. The van der Waals surface area contributed by atoms with Crippen LogP contribution >= 0.6 is 11.8 Å². The second kappa shape index (κ2) is 4.91. The van der Waals surface area contributed by atoms with Gasteiger partial charge in [-0.15, -0.1) is 0 Å². The molecule has 0 saturated carbocycles. The number of carbonyl (C=O) groups excluding carboxylic acids is 1. The maximum absolute atomic E-state index is 11.1. The maximum atomic E-state index is 11.1. The average molecular weight is 235 g/mol. The van der Waals surface area contributed by atoms with E-state index in [0.29, 0.717) is 6.04 Å². The van der Waals surface area contributed by atoms with E-state index in [0.717, 1.165) is 41.2 Å². The van der Waals surface area contributed by atoms with Gasteiger partial charge in [0.15, 0.2) is 6.29 Å². The van der Waals surface area contributed by atoms with E-state index in [1.165, 1.54) is 0 Å². The van der Waals surface area contributed by atoms with Crippen molar-refractivity contribution in [2.45, 2.75) is 19.9 Å². The van der Waals surface area contributed by atoms with E-state index in [4.69, 9.17) is 0 Å². The minimum Gasteiger partial charge on any atom is -0.367 e. The number of rotatable bonds is 2. The topological polar surface area (TPSA) is 20.3 Å². The van der Waals surface area contributed by atoms with Crippen LogP contribution in [0.5, 0.6) is 0 Å². The molecule has 0 bridgehead atoms. The molecule has 1 aliphatic heterocycles. The molecule has 16 heavy (non-hydrogen) atoms. The molecule has 0 spiro atoms. The van der Waals surface area contributed by atoms with Crippen LogP contribution in [0.2, 0.25) is 0 Å². The summed E-state index contributed by atoms with van der Waals surface area (Å²) in [6.07, 6.45) is 0.969. The van der Waals surface area contributed by atoms with Gasteiger partial charge in [-0.2, -0.15) is 11.8 Å². The first-order valence-corrected chi connectivity index (χ1v) is 6.78. The molecule has 1 atom stereocenters. The van der Waals surface area contributed by atoms with E-state index in [1.54, 1.807) is 0 Å². The second-order valence-corrected chi connectivity index (χ2v) is 5.45. The molecule has 0 N–H and O–H groups in total. The molecule has 1 fully saturated rings. The molecule has 1 aliphatic rings. The molecule has 0 aromatic heterocycles. The summed E-state index contributed by atoms with van der Waals surface area (Å²) >= 11 is 1.99. The third kappa shape index (κ3) is 2.24. The van der Waals surface area contributed by atoms with Gasteiger partial charge in [-0.1, -0.05) is 11.6 Å². The SMILES string of the molecule is Cc1ccc(N2CCSCC2C)c(C=O)c1. The van der Waals surface area contributed by atoms with Crippen LogP contribution in [0.1, 0.15) is 22.8 Å². The zero-order valence-electron chi connectivity index (χ0n) is 9.77. The zero-order chi connectivity index (χ0) is 11.5. The van der Waals surface area contributed by atoms with Gasteiger partial charge in [0, 0.05) is 35.3 Å². The fraction of sp³-hybridized carbons (Fsp3) is 0.462. The van der Waals surface area contributed by atoms with E-state index in [-0.39, 0.29) is 0 Å². The molecular weight excluding hydrogens is 218 g/mol. The Morgan fingerprint density at radius 1 is 1.50 bits per heavy atom. The Balaban J connectivity index is 2.34. The van der Waals surface area contributed by atoms with Crippen LogP contribution in [0.3, 0.4) is 0 Å². The van der Waals surface area contributed by atoms with Crippen LogP contribution in [-0.2, 0) is 0 Å². The Morgan fingerprint density at radius 2 is 2.31 bits per heavy atom. The van der Waals surface area contributed by atoms with Crippen molar-refractivity contribution in [3.8, 4) is 0 Å². The molecule has 1 unspecified atom stereocenters. The molecule has 0 aliphatic carbocycles. The van der Waals surface area contributed by atoms with Gasteiger partial charge in [0.25, 0.3) is 0 Å². The van der Waals surface area contributed by atoms with Gasteiger partial charge in [-0.3, -0.25) is 4.79 Å². The number of aldehydes is 1. The van der Waals surface area contributed by atoms with E-state index in [2.05, 4.69) is 24.0 Å². The van der Waals surface area contributed by atoms with Crippen molar-refractivity contribution in [1.29, 1.82) is 0 Å². The number of benzene rings is 1. The largest absolute Gasteiger partial charge is 0.367 e. The minimum absolute atomic E-state index is 0.514. The summed E-state index contributed by atoms with van der Waals surface area (Å²) in [6, 6.07) is 6.64. The summed E-state index contributed by atoms with van der Waals surface area (Å²) < 4.78 is 0. The molecule has 0 radical (unpaired) electrons. The quantitative estimate of drug-likeness (QED) is 0.735. The highest BCUT2D eigenvalue weighted by Crippen LogP contribution is 2.27. The van der Waals surface area contributed by atoms with Crippen LogP contribution in [0, 0.1) is 6.92 Å². The number of nitrogens with zero attached hydrogens (tertiary/aromatic N) is 1. The lowest BCUT2D eigenvalue weighted by Gasteiger charge is -2.35. The third-order valence-electron chi connectivity index (χ3n) is 2.99. The summed E-state index contributed by atoms with van der Waals surface area (Å²) in [6.45, 7) is 5.28. The first kappa shape index (κ1) is 11.5. The summed E-state index contributed by atoms with van der Waals surface area (Å²) in [7, 11) is 0. The Morgan fingerprint density at radius 3 is 3.00 bits per heavy atom. The van der Waals surface area contributed by atoms with Gasteiger partial charge in [0.2, 0.25) is 0 Å². The zero-order valence-corrected chi connectivity index (χ0v) is 10.6. The smallest absolute Gasteiger partial charge is 0.152 e. The predicted molar refractivity (Wildman–Crippen MR) is 70.7 cm³/mol. The molecule has 2 nitrogen and oxygen atoms in total. The summed E-state index contributed by atoms with van der Waals surface area (Å²) in [5.74, 6) is 2.29. The van der Waals surface area contributed by atoms with Crippen molar-refractivity contribution < 1.29 is 4.79 Å². The van der Waals surface area contributed by atoms with Crippen molar-refractivity contribution >= 4 is 23.7 Å². The van der Waals surface area contributed by atoms with Gasteiger partial charge in [-0.25, -0.2) is 0 Å². The molecule has 3 heteroatoms. The highest BCUT2D eigenvalue weighted by atomic mass is 32.2. The van der Waals surface area contributed by atoms with Gasteiger partial charge >= 0.3 is 0 Å². The second-order valence-electron chi connectivity index (χ2n) is 4.30.